The van der Waals surface area contributed by atoms with Gasteiger partial charge in [-0.05, 0) is 38.1 Å². The van der Waals surface area contributed by atoms with Crippen LogP contribution in [0.4, 0.5) is 0 Å². The van der Waals surface area contributed by atoms with Crippen LogP contribution >= 0.6 is 0 Å². The molecular formula is C23H34O4. The van der Waals surface area contributed by atoms with Crippen molar-refractivity contribution in [3.05, 3.63) is 60.7 Å². The zero-order chi connectivity index (χ0) is 20.1. The van der Waals surface area contributed by atoms with E-state index in [1.54, 1.807) is 7.11 Å². The Morgan fingerprint density at radius 1 is 0.704 bits per heavy atom. The van der Waals surface area contributed by atoms with Crippen LogP contribution in [-0.4, -0.2) is 37.6 Å². The SMILES string of the molecule is COC[C@@H](C)[C@H](C)Oc1ccccc1.C[C@H](CO)[C@H](C)Oc1ccccc1. The second kappa shape index (κ2) is 13.2. The summed E-state index contributed by atoms with van der Waals surface area (Å²) < 4.78 is 16.4. The predicted octanol–water partition coefficient (Wildman–Crippen LogP) is 4.82. The van der Waals surface area contributed by atoms with Crippen molar-refractivity contribution in [1.82, 2.24) is 0 Å². The van der Waals surface area contributed by atoms with E-state index in [1.807, 2.05) is 74.5 Å². The highest BCUT2D eigenvalue weighted by Crippen LogP contribution is 2.15. The molecule has 0 amide bonds. The highest BCUT2D eigenvalue weighted by atomic mass is 16.5. The molecule has 0 heterocycles. The quantitative estimate of drug-likeness (QED) is 0.684. The highest BCUT2D eigenvalue weighted by molar-refractivity contribution is 5.21. The normalized spacial score (nSPS) is 14.9. The van der Waals surface area contributed by atoms with E-state index in [1.165, 1.54) is 0 Å². The van der Waals surface area contributed by atoms with Crippen molar-refractivity contribution in [2.75, 3.05) is 20.3 Å². The van der Waals surface area contributed by atoms with Gasteiger partial charge >= 0.3 is 0 Å². The van der Waals surface area contributed by atoms with E-state index in [2.05, 4.69) is 13.8 Å². The van der Waals surface area contributed by atoms with Crippen molar-refractivity contribution in [2.24, 2.45) is 11.8 Å². The van der Waals surface area contributed by atoms with Gasteiger partial charge in [-0.25, -0.2) is 0 Å². The lowest BCUT2D eigenvalue weighted by Crippen LogP contribution is -2.24. The summed E-state index contributed by atoms with van der Waals surface area (Å²) in [6, 6.07) is 19.5. The molecule has 27 heavy (non-hydrogen) atoms. The molecule has 0 fully saturated rings. The number of benzene rings is 2. The van der Waals surface area contributed by atoms with E-state index in [0.717, 1.165) is 18.1 Å². The topological polar surface area (TPSA) is 47.9 Å². The standard InChI is InChI=1S/C12H18O2.C11H16O2/c1-10(9-13-3)11(2)14-12-7-5-4-6-8-12;1-9(8-12)10(2)13-11-6-4-3-5-7-11/h4-8,10-11H,9H2,1-3H3;3-7,9-10,12H,8H2,1-2H3/t10-,11+;9-,10+/m11/s1. The van der Waals surface area contributed by atoms with Crippen LogP contribution in [0.15, 0.2) is 60.7 Å². The Morgan fingerprint density at radius 3 is 1.48 bits per heavy atom. The lowest BCUT2D eigenvalue weighted by Gasteiger charge is -2.20. The number of hydrogen-bond acceptors (Lipinski definition) is 4. The van der Waals surface area contributed by atoms with Crippen molar-refractivity contribution in [3.8, 4) is 11.5 Å². The molecule has 4 nitrogen and oxygen atoms in total. The van der Waals surface area contributed by atoms with Gasteiger partial charge in [-0.15, -0.1) is 0 Å². The van der Waals surface area contributed by atoms with E-state index in [-0.39, 0.29) is 24.7 Å². The Bertz CT molecular complexity index is 588. The Labute approximate surface area is 164 Å². The first kappa shape index (κ1) is 23.0. The maximum absolute atomic E-state index is 8.90. The van der Waals surface area contributed by atoms with E-state index < -0.39 is 0 Å². The maximum Gasteiger partial charge on any atom is 0.119 e. The molecule has 0 spiro atoms. The van der Waals surface area contributed by atoms with Gasteiger partial charge in [0.1, 0.15) is 23.7 Å². The summed E-state index contributed by atoms with van der Waals surface area (Å²) in [5, 5.41) is 8.90. The molecule has 0 radical (unpaired) electrons. The van der Waals surface area contributed by atoms with Crippen LogP contribution in [-0.2, 0) is 4.74 Å². The number of hydrogen-bond donors (Lipinski definition) is 1. The largest absolute Gasteiger partial charge is 0.490 e. The summed E-state index contributed by atoms with van der Waals surface area (Å²) in [4.78, 5) is 0. The fourth-order valence-corrected chi connectivity index (χ4v) is 2.21. The Hall–Kier alpha value is -2.04. The van der Waals surface area contributed by atoms with Crippen molar-refractivity contribution in [3.63, 3.8) is 0 Å². The average Bonchev–Trinajstić information content (AvgIpc) is 2.69. The smallest absolute Gasteiger partial charge is 0.119 e. The predicted molar refractivity (Wildman–Crippen MR) is 110 cm³/mol. The van der Waals surface area contributed by atoms with Gasteiger partial charge in [0, 0.05) is 25.6 Å². The molecule has 4 heteroatoms. The molecule has 0 aliphatic carbocycles. The average molecular weight is 375 g/mol. The van der Waals surface area contributed by atoms with Gasteiger partial charge < -0.3 is 19.3 Å². The maximum atomic E-state index is 8.90. The molecule has 2 aromatic carbocycles. The third-order valence-corrected chi connectivity index (χ3v) is 4.45. The summed E-state index contributed by atoms with van der Waals surface area (Å²) in [6.07, 6.45) is 0.227. The molecule has 0 unspecified atom stereocenters. The molecule has 1 N–H and O–H groups in total. The number of aliphatic hydroxyl groups is 1. The van der Waals surface area contributed by atoms with E-state index in [4.69, 9.17) is 19.3 Å². The fourth-order valence-electron chi connectivity index (χ4n) is 2.21. The van der Waals surface area contributed by atoms with E-state index in [9.17, 15) is 0 Å². The first-order valence-corrected chi connectivity index (χ1v) is 9.51. The minimum Gasteiger partial charge on any atom is -0.490 e. The lowest BCUT2D eigenvalue weighted by atomic mass is 10.1. The zero-order valence-corrected chi connectivity index (χ0v) is 17.2. The summed E-state index contributed by atoms with van der Waals surface area (Å²) in [7, 11) is 1.71. The van der Waals surface area contributed by atoms with Crippen LogP contribution < -0.4 is 9.47 Å². The van der Waals surface area contributed by atoms with Crippen molar-refractivity contribution < 1.29 is 19.3 Å². The molecule has 0 saturated heterocycles. The van der Waals surface area contributed by atoms with Crippen molar-refractivity contribution in [1.29, 1.82) is 0 Å². The number of aliphatic hydroxyl groups excluding tert-OH is 1. The minimum atomic E-state index is 0.0485. The third kappa shape index (κ3) is 9.45. The number of ether oxygens (including phenoxy) is 3. The Morgan fingerprint density at radius 2 is 1.11 bits per heavy atom. The van der Waals surface area contributed by atoms with Crippen LogP contribution in [0.1, 0.15) is 27.7 Å². The van der Waals surface area contributed by atoms with E-state index in [0.29, 0.717) is 5.92 Å². The van der Waals surface area contributed by atoms with Crippen LogP contribution in [0.3, 0.4) is 0 Å². The molecule has 0 saturated carbocycles. The molecule has 2 aromatic rings. The molecule has 4 atom stereocenters. The van der Waals surface area contributed by atoms with Crippen LogP contribution in [0.5, 0.6) is 11.5 Å². The molecule has 2 rings (SSSR count). The second-order valence-corrected chi connectivity index (χ2v) is 6.86. The van der Waals surface area contributed by atoms with Gasteiger partial charge in [0.25, 0.3) is 0 Å². The summed E-state index contributed by atoms with van der Waals surface area (Å²) >= 11 is 0. The van der Waals surface area contributed by atoms with Gasteiger partial charge in [0.15, 0.2) is 0 Å². The first-order chi connectivity index (χ1) is 13.0. The Balaban J connectivity index is 0.000000271. The van der Waals surface area contributed by atoms with Crippen LogP contribution in [0.25, 0.3) is 0 Å². The highest BCUT2D eigenvalue weighted by Gasteiger charge is 2.13. The molecule has 150 valence electrons. The van der Waals surface area contributed by atoms with Gasteiger partial charge in [-0.1, -0.05) is 50.2 Å². The van der Waals surface area contributed by atoms with Crippen LogP contribution in [0, 0.1) is 11.8 Å². The van der Waals surface area contributed by atoms with Crippen molar-refractivity contribution in [2.45, 2.75) is 39.9 Å². The summed E-state index contributed by atoms with van der Waals surface area (Å²) in [5.41, 5.74) is 0. The lowest BCUT2D eigenvalue weighted by molar-refractivity contribution is 0.0827. The number of para-hydroxylation sites is 2. The first-order valence-electron chi connectivity index (χ1n) is 9.51. The second-order valence-electron chi connectivity index (χ2n) is 6.86. The molecule has 0 aromatic heterocycles. The minimum absolute atomic E-state index is 0.0485. The van der Waals surface area contributed by atoms with Crippen LogP contribution in [0.2, 0.25) is 0 Å². The summed E-state index contributed by atoms with van der Waals surface area (Å²) in [5.74, 6) is 2.35. The Kier molecular flexibility index (Phi) is 11.2. The molecule has 0 aliphatic heterocycles. The molecule has 0 bridgehead atoms. The van der Waals surface area contributed by atoms with Gasteiger partial charge in [-0.2, -0.15) is 0 Å². The van der Waals surface area contributed by atoms with Crippen molar-refractivity contribution >= 4 is 0 Å². The van der Waals surface area contributed by atoms with Gasteiger partial charge in [0.05, 0.1) is 6.61 Å². The van der Waals surface area contributed by atoms with Gasteiger partial charge in [-0.3, -0.25) is 0 Å². The zero-order valence-electron chi connectivity index (χ0n) is 17.2. The summed E-state index contributed by atoms with van der Waals surface area (Å²) in [6.45, 7) is 9.01. The van der Waals surface area contributed by atoms with E-state index >= 15 is 0 Å². The monoisotopic (exact) mass is 374 g/mol. The third-order valence-electron chi connectivity index (χ3n) is 4.45. The molecule has 0 aliphatic rings. The number of methoxy groups -OCH3 is 1. The van der Waals surface area contributed by atoms with Gasteiger partial charge in [0.2, 0.25) is 0 Å². The molecular weight excluding hydrogens is 340 g/mol. The number of rotatable bonds is 9. The fraction of sp³-hybridized carbons (Fsp3) is 0.478.